The Hall–Kier alpha value is -3.55. The molecule has 0 radical (unpaired) electrons. The number of rotatable bonds is 8. The van der Waals surface area contributed by atoms with Crippen molar-refractivity contribution in [3.63, 3.8) is 0 Å². The Bertz CT molecular complexity index is 987. The highest BCUT2D eigenvalue weighted by atomic mass is 16.6. The number of hydrogen-bond acceptors (Lipinski definition) is 6. The molecule has 1 atom stereocenters. The molecule has 0 saturated heterocycles. The zero-order chi connectivity index (χ0) is 20.8. The predicted octanol–water partition coefficient (Wildman–Crippen LogP) is 4.13. The molecule has 150 valence electrons. The number of non-ortho nitro benzene ring substituents is 1. The number of carbonyl (C=O) groups is 1. The Labute approximate surface area is 168 Å². The maximum atomic E-state index is 13.0. The van der Waals surface area contributed by atoms with Crippen molar-refractivity contribution in [2.45, 2.75) is 32.7 Å². The van der Waals surface area contributed by atoms with Gasteiger partial charge in [-0.1, -0.05) is 48.5 Å². The fraction of sp³-hybridized carbons (Fsp3) is 0.286. The van der Waals surface area contributed by atoms with Gasteiger partial charge in [-0.25, -0.2) is 0 Å². The monoisotopic (exact) mass is 394 g/mol. The summed E-state index contributed by atoms with van der Waals surface area (Å²) in [4.78, 5) is 29.6. The smallest absolute Gasteiger partial charge is 0.270 e. The van der Waals surface area contributed by atoms with E-state index >= 15 is 0 Å². The molecule has 3 aromatic rings. The molecule has 0 fully saturated rings. The predicted molar refractivity (Wildman–Crippen MR) is 107 cm³/mol. The first-order valence-corrected chi connectivity index (χ1v) is 9.43. The average molecular weight is 394 g/mol. The molecule has 29 heavy (non-hydrogen) atoms. The molecule has 2 aromatic carbocycles. The van der Waals surface area contributed by atoms with Crippen LogP contribution in [0, 0.1) is 10.1 Å². The maximum absolute atomic E-state index is 13.0. The van der Waals surface area contributed by atoms with Crippen molar-refractivity contribution in [2.75, 3.05) is 6.54 Å². The third-order valence-electron chi connectivity index (χ3n) is 4.75. The minimum atomic E-state index is -0.506. The summed E-state index contributed by atoms with van der Waals surface area (Å²) in [6.45, 7) is 4.30. The van der Waals surface area contributed by atoms with Crippen LogP contribution in [0.3, 0.4) is 0 Å². The molecular weight excluding hydrogens is 372 g/mol. The van der Waals surface area contributed by atoms with Gasteiger partial charge in [-0.2, -0.15) is 4.98 Å². The lowest BCUT2D eigenvalue weighted by Gasteiger charge is -2.28. The number of nitro benzene ring substituents is 1. The molecule has 0 aliphatic rings. The molecule has 0 aliphatic carbocycles. The molecule has 0 aliphatic heterocycles. The fourth-order valence-corrected chi connectivity index (χ4v) is 2.94. The van der Waals surface area contributed by atoms with Crippen LogP contribution >= 0.6 is 0 Å². The summed E-state index contributed by atoms with van der Waals surface area (Å²) in [5, 5.41) is 15.0. The van der Waals surface area contributed by atoms with Crippen LogP contribution in [-0.4, -0.2) is 38.5 Å². The summed E-state index contributed by atoms with van der Waals surface area (Å²) in [5.41, 5.74) is 1.04. The second-order valence-electron chi connectivity index (χ2n) is 6.69. The van der Waals surface area contributed by atoms with Gasteiger partial charge in [0.2, 0.25) is 11.7 Å². The summed E-state index contributed by atoms with van der Waals surface area (Å²) in [5.74, 6) is 0.676. The summed E-state index contributed by atoms with van der Waals surface area (Å²) in [6, 6.07) is 15.2. The van der Waals surface area contributed by atoms with Crippen molar-refractivity contribution >= 4 is 11.6 Å². The zero-order valence-corrected chi connectivity index (χ0v) is 16.3. The molecule has 0 N–H and O–H groups in total. The van der Waals surface area contributed by atoms with Crippen LogP contribution in [-0.2, 0) is 6.42 Å². The van der Waals surface area contributed by atoms with Crippen molar-refractivity contribution in [3.8, 4) is 11.4 Å². The van der Waals surface area contributed by atoms with Crippen molar-refractivity contribution in [1.82, 2.24) is 15.0 Å². The van der Waals surface area contributed by atoms with E-state index in [2.05, 4.69) is 10.1 Å². The summed E-state index contributed by atoms with van der Waals surface area (Å²) < 4.78 is 5.33. The summed E-state index contributed by atoms with van der Waals surface area (Å²) in [7, 11) is 0. The lowest BCUT2D eigenvalue weighted by Crippen LogP contribution is -2.39. The first kappa shape index (κ1) is 20.2. The van der Waals surface area contributed by atoms with Gasteiger partial charge in [-0.15, -0.1) is 0 Å². The minimum Gasteiger partial charge on any atom is -0.339 e. The fourth-order valence-electron chi connectivity index (χ4n) is 2.94. The molecule has 8 heteroatoms. The number of hydrogen-bond donors (Lipinski definition) is 0. The van der Waals surface area contributed by atoms with Gasteiger partial charge in [0.05, 0.1) is 4.92 Å². The molecular formula is C21H22N4O4. The van der Waals surface area contributed by atoms with Crippen molar-refractivity contribution in [1.29, 1.82) is 0 Å². The molecule has 8 nitrogen and oxygen atoms in total. The maximum Gasteiger partial charge on any atom is 0.270 e. The first-order chi connectivity index (χ1) is 14.0. The zero-order valence-electron chi connectivity index (χ0n) is 16.3. The van der Waals surface area contributed by atoms with E-state index < -0.39 is 4.92 Å². The standard InChI is InChI=1S/C21H22N4O4/c1-3-15(2)24(21(26)17-10-7-11-18(14-17)25(27)28)13-12-19-22-20(23-29-19)16-8-5-4-6-9-16/h4-11,14-15H,3,12-13H2,1-2H3/t15-/m1/s1. The first-order valence-electron chi connectivity index (χ1n) is 9.43. The molecule has 0 unspecified atom stereocenters. The highest BCUT2D eigenvalue weighted by molar-refractivity contribution is 5.95. The van der Waals surface area contributed by atoms with Gasteiger partial charge in [0.15, 0.2) is 0 Å². The Morgan fingerprint density at radius 3 is 2.66 bits per heavy atom. The van der Waals surface area contributed by atoms with Gasteiger partial charge in [0.1, 0.15) is 0 Å². The molecule has 1 amide bonds. The van der Waals surface area contributed by atoms with Crippen LogP contribution in [0.4, 0.5) is 5.69 Å². The van der Waals surface area contributed by atoms with Gasteiger partial charge in [-0.3, -0.25) is 14.9 Å². The number of benzene rings is 2. The highest BCUT2D eigenvalue weighted by Crippen LogP contribution is 2.19. The lowest BCUT2D eigenvalue weighted by atomic mass is 10.1. The second-order valence-corrected chi connectivity index (χ2v) is 6.69. The van der Waals surface area contributed by atoms with E-state index in [1.165, 1.54) is 18.2 Å². The van der Waals surface area contributed by atoms with Crippen molar-refractivity contribution in [2.24, 2.45) is 0 Å². The van der Waals surface area contributed by atoms with Gasteiger partial charge < -0.3 is 9.42 Å². The van der Waals surface area contributed by atoms with E-state index in [0.29, 0.717) is 24.7 Å². The van der Waals surface area contributed by atoms with Gasteiger partial charge in [0, 0.05) is 42.3 Å². The van der Waals surface area contributed by atoms with E-state index in [1.54, 1.807) is 11.0 Å². The van der Waals surface area contributed by atoms with E-state index in [0.717, 1.165) is 12.0 Å². The topological polar surface area (TPSA) is 102 Å². The van der Waals surface area contributed by atoms with Gasteiger partial charge in [0.25, 0.3) is 11.6 Å². The Kier molecular flexibility index (Phi) is 6.33. The molecule has 1 aromatic heterocycles. The SMILES string of the molecule is CC[C@@H](C)N(CCc1nc(-c2ccccc2)no1)C(=O)c1cccc([N+](=O)[O-])c1. The van der Waals surface area contributed by atoms with Crippen molar-refractivity contribution in [3.05, 3.63) is 76.2 Å². The molecule has 1 heterocycles. The number of aromatic nitrogens is 2. The van der Waals surface area contributed by atoms with Crippen LogP contribution in [0.5, 0.6) is 0 Å². The van der Waals surface area contributed by atoms with Gasteiger partial charge in [-0.05, 0) is 19.4 Å². The quantitative estimate of drug-likeness (QED) is 0.420. The van der Waals surface area contributed by atoms with E-state index in [1.807, 2.05) is 44.2 Å². The molecule has 0 bridgehead atoms. The normalized spacial score (nSPS) is 11.8. The Morgan fingerprint density at radius 2 is 1.97 bits per heavy atom. The number of amides is 1. The third-order valence-corrected chi connectivity index (χ3v) is 4.75. The van der Waals surface area contributed by atoms with E-state index in [-0.39, 0.29) is 23.2 Å². The van der Waals surface area contributed by atoms with Gasteiger partial charge >= 0.3 is 0 Å². The second kappa shape index (κ2) is 9.09. The third kappa shape index (κ3) is 4.84. The lowest BCUT2D eigenvalue weighted by molar-refractivity contribution is -0.384. The number of nitrogens with zero attached hydrogens (tertiary/aromatic N) is 4. The minimum absolute atomic E-state index is 0.0433. The van der Waals surface area contributed by atoms with Crippen LogP contribution < -0.4 is 0 Å². The van der Waals surface area contributed by atoms with Crippen LogP contribution in [0.2, 0.25) is 0 Å². The van der Waals surface area contributed by atoms with E-state index in [4.69, 9.17) is 4.52 Å². The highest BCUT2D eigenvalue weighted by Gasteiger charge is 2.23. The Balaban J connectivity index is 1.75. The largest absolute Gasteiger partial charge is 0.339 e. The van der Waals surface area contributed by atoms with E-state index in [9.17, 15) is 14.9 Å². The number of nitro groups is 1. The number of carbonyl (C=O) groups excluding carboxylic acids is 1. The van der Waals surface area contributed by atoms with Crippen LogP contribution in [0.15, 0.2) is 59.1 Å². The molecule has 3 rings (SSSR count). The van der Waals surface area contributed by atoms with Crippen LogP contribution in [0.25, 0.3) is 11.4 Å². The average Bonchev–Trinajstić information content (AvgIpc) is 3.23. The van der Waals surface area contributed by atoms with Crippen molar-refractivity contribution < 1.29 is 14.2 Å². The molecule has 0 spiro atoms. The Morgan fingerprint density at radius 1 is 1.21 bits per heavy atom. The van der Waals surface area contributed by atoms with Crippen LogP contribution in [0.1, 0.15) is 36.5 Å². The molecule has 0 saturated carbocycles. The summed E-state index contributed by atoms with van der Waals surface area (Å²) >= 11 is 0. The summed E-state index contributed by atoms with van der Waals surface area (Å²) in [6.07, 6.45) is 1.14.